The molecule has 4 heterocycles. The molecule has 1 atom stereocenters. The molecule has 1 unspecified atom stereocenters. The van der Waals surface area contributed by atoms with Crippen LogP contribution in [0.25, 0.3) is 5.65 Å². The Morgan fingerprint density at radius 1 is 0.920 bits per heavy atom. The SMILES string of the molecule is CCCCc1nc(N(Cc2ccc(OC)cc2)Cc2ccc(OC)cc2)c2ncc(C(O)c3cnc(N4CCN(C(=O)O)CC4)c(C)c3)n2n1. The number of ether oxygens (including phenoxy) is 2. The summed E-state index contributed by atoms with van der Waals surface area (Å²) in [7, 11) is 3.31. The van der Waals surface area contributed by atoms with E-state index in [2.05, 4.69) is 16.7 Å². The molecule has 0 bridgehead atoms. The van der Waals surface area contributed by atoms with Gasteiger partial charge in [-0.1, -0.05) is 37.6 Å². The average molecular weight is 681 g/mol. The summed E-state index contributed by atoms with van der Waals surface area (Å²) in [6.45, 7) is 7.13. The van der Waals surface area contributed by atoms with Gasteiger partial charge in [0.1, 0.15) is 23.4 Å². The third-order valence-corrected chi connectivity index (χ3v) is 9.05. The number of fused-ring (bicyclic) bond motifs is 1. The number of hydrogen-bond acceptors (Lipinski definition) is 10. The van der Waals surface area contributed by atoms with Crippen molar-refractivity contribution >= 4 is 23.4 Å². The van der Waals surface area contributed by atoms with Gasteiger partial charge in [0, 0.05) is 57.4 Å². The van der Waals surface area contributed by atoms with Gasteiger partial charge < -0.3 is 34.4 Å². The fourth-order valence-corrected chi connectivity index (χ4v) is 6.22. The van der Waals surface area contributed by atoms with E-state index in [-0.39, 0.29) is 0 Å². The molecule has 13 nitrogen and oxygen atoms in total. The van der Waals surface area contributed by atoms with Crippen LogP contribution in [0.1, 0.15) is 59.6 Å². The molecule has 50 heavy (non-hydrogen) atoms. The lowest BCUT2D eigenvalue weighted by molar-refractivity contribution is 0.142. The Balaban J connectivity index is 1.36. The van der Waals surface area contributed by atoms with E-state index < -0.39 is 12.2 Å². The zero-order chi connectivity index (χ0) is 35.2. The minimum atomic E-state index is -1.05. The number of imidazole rings is 1. The van der Waals surface area contributed by atoms with Crippen LogP contribution in [0, 0.1) is 6.92 Å². The van der Waals surface area contributed by atoms with Crippen LogP contribution < -0.4 is 19.3 Å². The molecule has 1 aliphatic rings. The van der Waals surface area contributed by atoms with Crippen molar-refractivity contribution in [2.75, 3.05) is 50.2 Å². The first kappa shape index (κ1) is 34.4. The molecule has 1 saturated heterocycles. The number of benzene rings is 2. The van der Waals surface area contributed by atoms with Crippen LogP contribution in [0.4, 0.5) is 16.4 Å². The Morgan fingerprint density at radius 3 is 2.08 bits per heavy atom. The molecule has 0 spiro atoms. The summed E-state index contributed by atoms with van der Waals surface area (Å²) in [4.78, 5) is 31.6. The van der Waals surface area contributed by atoms with Crippen LogP contribution in [0.5, 0.6) is 11.5 Å². The van der Waals surface area contributed by atoms with E-state index >= 15 is 0 Å². The number of aliphatic hydroxyl groups is 1. The molecule has 0 saturated carbocycles. The maximum atomic E-state index is 11.8. The van der Waals surface area contributed by atoms with Crippen molar-refractivity contribution in [3.63, 3.8) is 0 Å². The Hall–Kier alpha value is -5.43. The van der Waals surface area contributed by atoms with Gasteiger partial charge in [-0.3, -0.25) is 0 Å². The first-order valence-corrected chi connectivity index (χ1v) is 16.9. The highest BCUT2D eigenvalue weighted by Crippen LogP contribution is 2.30. The van der Waals surface area contributed by atoms with E-state index in [0.717, 1.165) is 46.8 Å². The first-order chi connectivity index (χ1) is 24.3. The van der Waals surface area contributed by atoms with E-state index in [1.807, 2.05) is 61.5 Å². The molecule has 0 aliphatic carbocycles. The quantitative estimate of drug-likeness (QED) is 0.168. The summed E-state index contributed by atoms with van der Waals surface area (Å²) in [5.41, 5.74) is 4.70. The van der Waals surface area contributed by atoms with Crippen molar-refractivity contribution in [2.24, 2.45) is 0 Å². The Bertz CT molecular complexity index is 1860. The maximum Gasteiger partial charge on any atom is 0.407 e. The van der Waals surface area contributed by atoms with E-state index in [4.69, 9.17) is 29.5 Å². The Morgan fingerprint density at radius 2 is 1.54 bits per heavy atom. The van der Waals surface area contributed by atoms with Gasteiger partial charge in [-0.05, 0) is 60.4 Å². The number of carbonyl (C=O) groups is 1. The molecule has 13 heteroatoms. The smallest absolute Gasteiger partial charge is 0.407 e. The van der Waals surface area contributed by atoms with Crippen LogP contribution >= 0.6 is 0 Å². The highest BCUT2D eigenvalue weighted by molar-refractivity contribution is 5.66. The fraction of sp³-hybridized carbons (Fsp3) is 0.378. The van der Waals surface area contributed by atoms with Crippen molar-refractivity contribution in [1.29, 1.82) is 0 Å². The summed E-state index contributed by atoms with van der Waals surface area (Å²) in [5, 5.41) is 26.0. The van der Waals surface area contributed by atoms with Gasteiger partial charge in [-0.2, -0.15) is 5.10 Å². The molecule has 3 aromatic heterocycles. The van der Waals surface area contributed by atoms with Crippen LogP contribution in [-0.4, -0.2) is 86.2 Å². The number of nitrogens with zero attached hydrogens (tertiary/aromatic N) is 8. The number of pyridine rings is 1. The van der Waals surface area contributed by atoms with Crippen molar-refractivity contribution in [3.8, 4) is 11.5 Å². The van der Waals surface area contributed by atoms with Gasteiger partial charge in [-0.15, -0.1) is 0 Å². The van der Waals surface area contributed by atoms with Crippen molar-refractivity contribution in [2.45, 2.75) is 52.3 Å². The van der Waals surface area contributed by atoms with E-state index in [0.29, 0.717) is 74.2 Å². The number of amides is 1. The standard InChI is InChI=1S/C37H44N8O5/c1-5-6-7-32-40-36(44(23-26-8-12-29(49-3)13-9-26)24-27-10-14-30(50-4)15-11-27)35-39-22-31(45(35)41-32)33(46)28-20-25(2)34(38-21-28)42-16-18-43(19-17-42)37(47)48/h8-15,20-22,33,46H,5-7,16-19,23-24H2,1-4H3,(H,47,48). The normalized spacial score (nSPS) is 13.8. The molecular weight excluding hydrogens is 636 g/mol. The van der Waals surface area contributed by atoms with Crippen molar-refractivity contribution < 1.29 is 24.5 Å². The van der Waals surface area contributed by atoms with Crippen LogP contribution in [0.3, 0.4) is 0 Å². The minimum absolute atomic E-state index is 0.416. The third-order valence-electron chi connectivity index (χ3n) is 9.05. The summed E-state index contributed by atoms with van der Waals surface area (Å²) in [5.74, 6) is 3.68. The van der Waals surface area contributed by atoms with Gasteiger partial charge in [0.15, 0.2) is 17.3 Å². The number of aryl methyl sites for hydroxylation is 2. The van der Waals surface area contributed by atoms with Crippen LogP contribution in [-0.2, 0) is 19.5 Å². The van der Waals surface area contributed by atoms with Gasteiger partial charge in [0.05, 0.1) is 26.1 Å². The topological polar surface area (TPSA) is 142 Å². The van der Waals surface area contributed by atoms with Crippen molar-refractivity contribution in [1.82, 2.24) is 29.5 Å². The fourth-order valence-electron chi connectivity index (χ4n) is 6.22. The van der Waals surface area contributed by atoms with Gasteiger partial charge in [0.2, 0.25) is 0 Å². The van der Waals surface area contributed by atoms with Gasteiger partial charge in [0.25, 0.3) is 0 Å². The summed E-state index contributed by atoms with van der Waals surface area (Å²) in [6, 6.07) is 17.9. The van der Waals surface area contributed by atoms with E-state index in [1.165, 1.54) is 4.90 Å². The van der Waals surface area contributed by atoms with Crippen LogP contribution in [0.2, 0.25) is 0 Å². The summed E-state index contributed by atoms with van der Waals surface area (Å²) in [6.07, 6.45) is 3.96. The first-order valence-electron chi connectivity index (χ1n) is 16.9. The number of carboxylic acid groups (broad SMARTS) is 1. The zero-order valence-corrected chi connectivity index (χ0v) is 29.0. The third kappa shape index (κ3) is 7.57. The predicted octanol–water partition coefficient (Wildman–Crippen LogP) is 5.28. The molecule has 5 aromatic rings. The Kier molecular flexibility index (Phi) is 10.6. The molecule has 262 valence electrons. The monoisotopic (exact) mass is 680 g/mol. The molecule has 0 radical (unpaired) electrons. The molecule has 1 fully saturated rings. The lowest BCUT2D eigenvalue weighted by Gasteiger charge is -2.34. The number of unbranched alkanes of at least 4 members (excludes halogenated alkanes) is 1. The van der Waals surface area contributed by atoms with E-state index in [1.54, 1.807) is 31.1 Å². The predicted molar refractivity (Wildman–Crippen MR) is 190 cm³/mol. The van der Waals surface area contributed by atoms with Crippen LogP contribution in [0.15, 0.2) is 67.0 Å². The Labute approximate surface area is 291 Å². The second-order valence-electron chi connectivity index (χ2n) is 12.5. The second kappa shape index (κ2) is 15.4. The highest BCUT2D eigenvalue weighted by atomic mass is 16.5. The zero-order valence-electron chi connectivity index (χ0n) is 29.0. The average Bonchev–Trinajstić information content (AvgIpc) is 3.57. The number of rotatable bonds is 13. The van der Waals surface area contributed by atoms with Gasteiger partial charge >= 0.3 is 6.09 Å². The number of anilines is 2. The summed E-state index contributed by atoms with van der Waals surface area (Å²) < 4.78 is 12.5. The summed E-state index contributed by atoms with van der Waals surface area (Å²) >= 11 is 0. The van der Waals surface area contributed by atoms with Crippen molar-refractivity contribution in [3.05, 3.63) is 101 Å². The number of methoxy groups -OCH3 is 2. The largest absolute Gasteiger partial charge is 0.497 e. The number of hydrogen-bond donors (Lipinski definition) is 2. The molecule has 6 rings (SSSR count). The molecular formula is C37H44N8O5. The number of aliphatic hydroxyl groups excluding tert-OH is 1. The number of aromatic nitrogens is 5. The maximum absolute atomic E-state index is 11.8. The molecule has 1 amide bonds. The van der Waals surface area contributed by atoms with E-state index in [9.17, 15) is 15.0 Å². The lowest BCUT2D eigenvalue weighted by atomic mass is 10.1. The second-order valence-corrected chi connectivity index (χ2v) is 12.5. The highest BCUT2D eigenvalue weighted by Gasteiger charge is 2.26. The molecule has 2 N–H and O–H groups in total. The lowest BCUT2D eigenvalue weighted by Crippen LogP contribution is -2.48. The number of piperazine rings is 1. The molecule has 1 aliphatic heterocycles. The molecule has 2 aromatic carbocycles. The minimum Gasteiger partial charge on any atom is -0.497 e. The van der Waals surface area contributed by atoms with Gasteiger partial charge in [-0.25, -0.2) is 24.3 Å².